The van der Waals surface area contributed by atoms with Crippen LogP contribution in [0.5, 0.6) is 0 Å². The van der Waals surface area contributed by atoms with Crippen LogP contribution in [0.1, 0.15) is 97.4 Å². The Morgan fingerprint density at radius 1 is 1.05 bits per heavy atom. The number of nitrogens with one attached hydrogen (secondary N) is 2. The Labute approximate surface area is 443 Å². The number of fused-ring (bicyclic) bond motifs is 7. The predicted octanol–water partition coefficient (Wildman–Crippen LogP) is 6.20. The Hall–Kier alpha value is -6.12. The molecule has 3 aromatic rings. The minimum Gasteiger partial charge on any atom is -0.464 e. The first-order valence-corrected chi connectivity index (χ1v) is 27.0. The van der Waals surface area contributed by atoms with Gasteiger partial charge in [0.05, 0.1) is 49.3 Å². The lowest BCUT2D eigenvalue weighted by atomic mass is 9.84. The third-order valence-electron chi connectivity index (χ3n) is 15.8. The number of rotatable bonds is 11. The first-order valence-electron chi connectivity index (χ1n) is 27.0. The normalized spacial score (nSPS) is 24.4. The number of allylic oxidation sites excluding steroid dienone is 2. The first-order chi connectivity index (χ1) is 36.0. The SMILES string of the molecule is C=C/C(=C(\N=C/C)[C@H](C)OC)c1c2c3cc(ccc3n1CC)-c1cccc(c1)C[C@H](NC(=O)[C@H](C(C)C)N(C)C(=O)C1CCN(C(=O)C#C[C@@H]3CC[C@@H]4COCCN43)C1)C(=O)N1CCC[C@H](N1)C(=O)OCC(C)(C)C2. The molecule has 5 aliphatic rings. The van der Waals surface area contributed by atoms with Crippen molar-refractivity contribution in [2.45, 2.75) is 136 Å². The summed E-state index contributed by atoms with van der Waals surface area (Å²) in [5, 5.41) is 5.58. The lowest BCUT2D eigenvalue weighted by Gasteiger charge is -2.37. The van der Waals surface area contributed by atoms with E-state index in [9.17, 15) is 24.0 Å². The summed E-state index contributed by atoms with van der Waals surface area (Å²) in [6.07, 6.45) is 7.32. The van der Waals surface area contributed by atoms with Crippen LogP contribution in [0.3, 0.4) is 0 Å². The molecule has 75 heavy (non-hydrogen) atoms. The number of ether oxygens (including phenoxy) is 3. The number of hydrogen-bond donors (Lipinski definition) is 2. The molecule has 2 aromatic carbocycles. The molecule has 16 nitrogen and oxygen atoms in total. The van der Waals surface area contributed by atoms with E-state index in [-0.39, 0.29) is 49.5 Å². The highest BCUT2D eigenvalue weighted by molar-refractivity contribution is 5.97. The summed E-state index contributed by atoms with van der Waals surface area (Å²) < 4.78 is 19.9. The Bertz CT molecular complexity index is 2780. The molecule has 6 bridgehead atoms. The van der Waals surface area contributed by atoms with Gasteiger partial charge in [-0.3, -0.25) is 38.9 Å². The summed E-state index contributed by atoms with van der Waals surface area (Å²) in [6.45, 7) is 22.1. The highest BCUT2D eigenvalue weighted by atomic mass is 16.5. The fourth-order valence-electron chi connectivity index (χ4n) is 11.9. The van der Waals surface area contributed by atoms with Gasteiger partial charge in [-0.15, -0.1) is 0 Å². The summed E-state index contributed by atoms with van der Waals surface area (Å²) in [4.78, 5) is 81.6. The molecular formula is C59H78N8O8. The van der Waals surface area contributed by atoms with Crippen LogP contribution in [0.2, 0.25) is 0 Å². The third kappa shape index (κ3) is 12.0. The summed E-state index contributed by atoms with van der Waals surface area (Å²) in [5.74, 6) is 3.36. The Morgan fingerprint density at radius 3 is 2.57 bits per heavy atom. The Balaban J connectivity index is 1.09. The zero-order chi connectivity index (χ0) is 53.7. The lowest BCUT2D eigenvalue weighted by molar-refractivity contribution is -0.155. The fourth-order valence-corrected chi connectivity index (χ4v) is 11.9. The number of amides is 4. The predicted molar refractivity (Wildman–Crippen MR) is 291 cm³/mol. The summed E-state index contributed by atoms with van der Waals surface area (Å²) in [6, 6.07) is 12.0. The first kappa shape index (κ1) is 55.1. The number of carbonyl (C=O) groups excluding carboxylic acids is 5. The summed E-state index contributed by atoms with van der Waals surface area (Å²) in [7, 11) is 3.30. The van der Waals surface area contributed by atoms with Gasteiger partial charge in [-0.25, -0.2) is 5.43 Å². The zero-order valence-corrected chi connectivity index (χ0v) is 45.6. The van der Waals surface area contributed by atoms with Gasteiger partial charge in [0, 0.05) is 87.4 Å². The van der Waals surface area contributed by atoms with Crippen molar-refractivity contribution in [3.63, 3.8) is 0 Å². The number of methoxy groups -OCH3 is 1. The molecule has 5 aliphatic heterocycles. The van der Waals surface area contributed by atoms with E-state index in [1.807, 2.05) is 52.0 Å². The number of hydrazine groups is 1. The van der Waals surface area contributed by atoms with Gasteiger partial charge in [-0.1, -0.05) is 76.6 Å². The number of aromatic nitrogens is 1. The number of aryl methyl sites for hydroxylation is 1. The minimum absolute atomic E-state index is 0.0206. The van der Waals surface area contributed by atoms with E-state index < -0.39 is 47.2 Å². The average Bonchev–Trinajstić information content (AvgIpc) is 4.15. The zero-order valence-electron chi connectivity index (χ0n) is 45.6. The van der Waals surface area contributed by atoms with Gasteiger partial charge in [0.1, 0.15) is 18.1 Å². The maximum atomic E-state index is 14.9. The fraction of sp³-hybridized carbons (Fsp3) is 0.559. The molecule has 0 spiro atoms. The van der Waals surface area contributed by atoms with Crippen LogP contribution in [0.4, 0.5) is 0 Å². The van der Waals surface area contributed by atoms with Crippen LogP contribution in [0, 0.1) is 29.1 Å². The van der Waals surface area contributed by atoms with Gasteiger partial charge < -0.3 is 33.9 Å². The minimum atomic E-state index is -1.07. The molecule has 6 heterocycles. The second kappa shape index (κ2) is 23.8. The number of carbonyl (C=O) groups is 5. The quantitative estimate of drug-likeness (QED) is 0.0978. The van der Waals surface area contributed by atoms with Crippen LogP contribution in [-0.2, 0) is 57.6 Å². The van der Waals surface area contributed by atoms with Crippen LogP contribution < -0.4 is 10.7 Å². The number of morpholine rings is 1. The molecule has 1 unspecified atom stereocenters. The maximum absolute atomic E-state index is 14.9. The van der Waals surface area contributed by atoms with Crippen LogP contribution in [-0.4, -0.2) is 157 Å². The topological polar surface area (TPSA) is 167 Å². The Kier molecular flexibility index (Phi) is 17.5. The second-order valence-corrected chi connectivity index (χ2v) is 22.0. The van der Waals surface area contributed by atoms with Crippen LogP contribution >= 0.6 is 0 Å². The van der Waals surface area contributed by atoms with Crippen molar-refractivity contribution in [1.29, 1.82) is 0 Å². The molecule has 4 saturated heterocycles. The second-order valence-electron chi connectivity index (χ2n) is 22.0. The number of nitrogens with zero attached hydrogens (tertiary/aromatic N) is 6. The van der Waals surface area contributed by atoms with Crippen molar-refractivity contribution in [1.82, 2.24) is 35.0 Å². The molecule has 2 N–H and O–H groups in total. The number of likely N-dealkylation sites (N-methyl/N-ethyl adjacent to an activating group) is 1. The van der Waals surface area contributed by atoms with E-state index in [0.29, 0.717) is 64.6 Å². The number of benzene rings is 2. The lowest BCUT2D eigenvalue weighted by Crippen LogP contribution is -2.62. The number of hydrogen-bond acceptors (Lipinski definition) is 11. The molecule has 4 amide bonds. The number of aliphatic imine (C=N–C) groups is 1. The molecule has 0 saturated carbocycles. The van der Waals surface area contributed by atoms with Crippen molar-refractivity contribution >= 4 is 52.3 Å². The molecule has 402 valence electrons. The summed E-state index contributed by atoms with van der Waals surface area (Å²) in [5.41, 5.74) is 10.0. The van der Waals surface area contributed by atoms with Crippen LogP contribution in [0.15, 0.2) is 65.8 Å². The number of esters is 1. The van der Waals surface area contributed by atoms with Crippen molar-refractivity contribution in [2.24, 2.45) is 22.2 Å². The van der Waals surface area contributed by atoms with Crippen molar-refractivity contribution in [3.8, 4) is 23.0 Å². The largest absolute Gasteiger partial charge is 0.464 e. The molecule has 8 rings (SSSR count). The third-order valence-corrected chi connectivity index (χ3v) is 15.8. The van der Waals surface area contributed by atoms with E-state index >= 15 is 0 Å². The highest BCUT2D eigenvalue weighted by Gasteiger charge is 2.41. The molecule has 16 heteroatoms. The van der Waals surface area contributed by atoms with Gasteiger partial charge in [0.25, 0.3) is 11.8 Å². The molecule has 4 fully saturated rings. The number of likely N-dealkylation sites (tertiary alicyclic amines) is 1. The molecule has 1 aromatic heterocycles. The maximum Gasteiger partial charge on any atom is 0.324 e. The van der Waals surface area contributed by atoms with Crippen molar-refractivity contribution < 1.29 is 38.2 Å². The van der Waals surface area contributed by atoms with Gasteiger partial charge in [-0.05, 0) is 106 Å². The van der Waals surface area contributed by atoms with Gasteiger partial charge in [0.2, 0.25) is 11.8 Å². The smallest absolute Gasteiger partial charge is 0.324 e. The van der Waals surface area contributed by atoms with Gasteiger partial charge in [0.15, 0.2) is 0 Å². The van der Waals surface area contributed by atoms with Crippen molar-refractivity contribution in [2.75, 3.05) is 60.2 Å². The van der Waals surface area contributed by atoms with E-state index in [1.54, 1.807) is 25.3 Å². The van der Waals surface area contributed by atoms with E-state index in [2.05, 4.69) is 83.7 Å². The van der Waals surface area contributed by atoms with Gasteiger partial charge >= 0.3 is 5.97 Å². The molecule has 0 radical (unpaired) electrons. The highest BCUT2D eigenvalue weighted by Crippen LogP contribution is 2.40. The number of cyclic esters (lactones) is 1. The summed E-state index contributed by atoms with van der Waals surface area (Å²) >= 11 is 0. The van der Waals surface area contributed by atoms with Crippen molar-refractivity contribution in [3.05, 3.63) is 77.6 Å². The van der Waals surface area contributed by atoms with E-state index in [0.717, 1.165) is 69.5 Å². The molecular weight excluding hydrogens is 949 g/mol. The van der Waals surface area contributed by atoms with Crippen LogP contribution in [0.25, 0.3) is 27.6 Å². The van der Waals surface area contributed by atoms with E-state index in [4.69, 9.17) is 19.2 Å². The van der Waals surface area contributed by atoms with E-state index in [1.165, 1.54) is 9.91 Å². The standard InChI is InChI=1S/C59H78N8O8/c1-11-45(52(60-12-2)38(6)73-10)54-47-33-59(7,8)36-75-58(72)48-18-15-26-67(62-48)57(71)49(31-39-16-14-17-40(30-39)41-19-23-50(46(47)32-41)65(54)13-3)61-55(69)53(37(4)5)63(9)56(70)42-25-27-64(34-42)51(68)24-22-43-20-21-44-35-74-29-28-66(43)44/h11-12,14,16-17,19,23,30,32,37-38,42-44,48-49,53,62H,1,13,15,18,20-21,25-29,31,33-36H2,2-10H3,(H,61,69)/b52-45+,60-12-/t38-,42?,43-,44+,48-,49-,53-/m0/s1. The Morgan fingerprint density at radius 2 is 1.84 bits per heavy atom. The molecule has 0 aliphatic carbocycles. The average molecular weight is 1030 g/mol. The monoisotopic (exact) mass is 1030 g/mol. The molecule has 7 atom stereocenters. The van der Waals surface area contributed by atoms with Gasteiger partial charge in [-0.2, -0.15) is 0 Å².